The van der Waals surface area contributed by atoms with Gasteiger partial charge in [0, 0.05) is 10.8 Å². The van der Waals surface area contributed by atoms with Crippen molar-refractivity contribution in [1.29, 1.82) is 0 Å². The predicted octanol–water partition coefficient (Wildman–Crippen LogP) is 5.93. The third kappa shape index (κ3) is 14.2. The molecule has 0 atom stereocenters. The van der Waals surface area contributed by atoms with E-state index in [0.29, 0.717) is 5.25 Å². The minimum Gasteiger partial charge on any atom is -0.320 e. The van der Waals surface area contributed by atoms with Crippen molar-refractivity contribution in [2.45, 2.75) is 51.7 Å². The molecule has 0 aliphatic heterocycles. The molecule has 3 nitrogen and oxygen atoms in total. The molecule has 1 N–H and O–H groups in total. The maximum absolute atomic E-state index is 11.8. The summed E-state index contributed by atoms with van der Waals surface area (Å²) in [5, 5.41) is 3.74. The topological polar surface area (TPSA) is 46.2 Å². The standard InChI is InChI=1S/C12H14OS.C7H8.C3H9N.C2H4O/c13-12(10-6-2-1-3-7-10)14-11-8-4-5-9-11;1-7-5-3-2-4-6-7;1-3-4-2;1-2-3/h1-3,6-7,11H,4-5,8-9H2;2-6H,1H3;4H,3H2,1-2H3;2H,1H3. The molecule has 3 rings (SSSR count). The molecule has 1 saturated carbocycles. The monoisotopic (exact) mass is 401 g/mol. The van der Waals surface area contributed by atoms with Gasteiger partial charge in [0.15, 0.2) is 0 Å². The first kappa shape index (κ1) is 26.1. The predicted molar refractivity (Wildman–Crippen MR) is 123 cm³/mol. The maximum Gasteiger partial charge on any atom is 0.219 e. The fourth-order valence-electron chi connectivity index (χ4n) is 2.33. The van der Waals surface area contributed by atoms with Crippen LogP contribution in [0.25, 0.3) is 0 Å². The van der Waals surface area contributed by atoms with Gasteiger partial charge in [-0.3, -0.25) is 4.79 Å². The second kappa shape index (κ2) is 18.5. The SMILES string of the molecule is CC=O.CCNC.Cc1ccccc1.O=C(SC1CCCC1)c1ccccc1. The largest absolute Gasteiger partial charge is 0.320 e. The van der Waals surface area contributed by atoms with Crippen molar-refractivity contribution in [2.75, 3.05) is 13.6 Å². The first-order valence-electron chi connectivity index (χ1n) is 9.91. The van der Waals surface area contributed by atoms with Crippen LogP contribution in [-0.4, -0.2) is 30.2 Å². The Morgan fingerprint density at radius 3 is 1.82 bits per heavy atom. The summed E-state index contributed by atoms with van der Waals surface area (Å²) in [6, 6.07) is 19.8. The van der Waals surface area contributed by atoms with E-state index >= 15 is 0 Å². The van der Waals surface area contributed by atoms with Crippen molar-refractivity contribution in [3.05, 3.63) is 71.8 Å². The minimum atomic E-state index is 0.234. The molecule has 0 bridgehead atoms. The van der Waals surface area contributed by atoms with Crippen LogP contribution in [0.15, 0.2) is 60.7 Å². The van der Waals surface area contributed by atoms with Gasteiger partial charge < -0.3 is 10.1 Å². The Bertz CT molecular complexity index is 609. The van der Waals surface area contributed by atoms with E-state index in [0.717, 1.165) is 18.4 Å². The van der Waals surface area contributed by atoms with E-state index < -0.39 is 0 Å². The quantitative estimate of drug-likeness (QED) is 0.648. The molecule has 1 aliphatic carbocycles. The van der Waals surface area contributed by atoms with Gasteiger partial charge in [0.1, 0.15) is 6.29 Å². The number of aryl methyl sites for hydroxylation is 1. The van der Waals surface area contributed by atoms with Gasteiger partial charge in [-0.2, -0.15) is 0 Å². The first-order valence-corrected chi connectivity index (χ1v) is 10.8. The lowest BCUT2D eigenvalue weighted by Gasteiger charge is -2.06. The number of benzene rings is 2. The molecule has 2 aromatic carbocycles. The van der Waals surface area contributed by atoms with E-state index in [4.69, 9.17) is 4.79 Å². The summed E-state index contributed by atoms with van der Waals surface area (Å²) in [6.45, 7) is 6.67. The normalized spacial score (nSPS) is 12.3. The highest BCUT2D eigenvalue weighted by Gasteiger charge is 2.19. The maximum atomic E-state index is 11.8. The Kier molecular flexibility index (Phi) is 17.2. The third-order valence-electron chi connectivity index (χ3n) is 3.88. The van der Waals surface area contributed by atoms with E-state index in [1.165, 1.54) is 49.9 Å². The number of carbonyl (C=O) groups excluding carboxylic acids is 2. The van der Waals surface area contributed by atoms with Gasteiger partial charge in [-0.25, -0.2) is 0 Å². The Hall–Kier alpha value is -1.91. The summed E-state index contributed by atoms with van der Waals surface area (Å²) in [6.07, 6.45) is 5.76. The molecule has 0 spiro atoms. The molecular weight excluding hydrogens is 366 g/mol. The number of hydrogen-bond donors (Lipinski definition) is 1. The van der Waals surface area contributed by atoms with Gasteiger partial charge in [-0.05, 0) is 40.3 Å². The van der Waals surface area contributed by atoms with Crippen molar-refractivity contribution >= 4 is 23.2 Å². The molecule has 1 fully saturated rings. The fraction of sp³-hybridized carbons (Fsp3) is 0.417. The second-order valence-corrected chi connectivity index (χ2v) is 7.55. The molecule has 0 heterocycles. The highest BCUT2D eigenvalue weighted by atomic mass is 32.2. The van der Waals surface area contributed by atoms with E-state index in [1.54, 1.807) is 0 Å². The lowest BCUT2D eigenvalue weighted by molar-refractivity contribution is -0.106. The molecule has 0 radical (unpaired) electrons. The van der Waals surface area contributed by atoms with Gasteiger partial charge in [0.2, 0.25) is 5.12 Å². The first-order chi connectivity index (χ1) is 13.6. The highest BCUT2D eigenvalue weighted by Crippen LogP contribution is 2.31. The van der Waals surface area contributed by atoms with E-state index in [-0.39, 0.29) is 5.12 Å². The average Bonchev–Trinajstić information content (AvgIpc) is 3.23. The van der Waals surface area contributed by atoms with E-state index in [2.05, 4.69) is 31.3 Å². The van der Waals surface area contributed by atoms with Crippen LogP contribution in [0.3, 0.4) is 0 Å². The van der Waals surface area contributed by atoms with Crippen LogP contribution in [0.5, 0.6) is 0 Å². The van der Waals surface area contributed by atoms with Crippen LogP contribution in [0.4, 0.5) is 0 Å². The number of nitrogens with one attached hydrogen (secondary N) is 1. The summed E-state index contributed by atoms with van der Waals surface area (Å²) >= 11 is 1.52. The van der Waals surface area contributed by atoms with Gasteiger partial charge in [0.05, 0.1) is 0 Å². The third-order valence-corrected chi connectivity index (χ3v) is 5.13. The number of hydrogen-bond acceptors (Lipinski definition) is 4. The van der Waals surface area contributed by atoms with Crippen LogP contribution in [0.2, 0.25) is 0 Å². The van der Waals surface area contributed by atoms with Crippen molar-refractivity contribution in [1.82, 2.24) is 5.32 Å². The van der Waals surface area contributed by atoms with Gasteiger partial charge in [-0.15, -0.1) is 0 Å². The van der Waals surface area contributed by atoms with Gasteiger partial charge in [-0.1, -0.05) is 97.8 Å². The molecule has 0 aromatic heterocycles. The second-order valence-electron chi connectivity index (χ2n) is 6.28. The Morgan fingerprint density at radius 2 is 1.46 bits per heavy atom. The zero-order valence-electron chi connectivity index (χ0n) is 17.7. The lowest BCUT2D eigenvalue weighted by atomic mass is 10.2. The van der Waals surface area contributed by atoms with Crippen LogP contribution in [0, 0.1) is 6.92 Å². The number of thioether (sulfide) groups is 1. The van der Waals surface area contributed by atoms with E-state index in [1.807, 2.05) is 55.6 Å². The summed E-state index contributed by atoms with van der Waals surface area (Å²) in [7, 11) is 1.93. The molecule has 0 unspecified atom stereocenters. The molecular formula is C24H35NO2S. The minimum absolute atomic E-state index is 0.234. The van der Waals surface area contributed by atoms with Crippen LogP contribution >= 0.6 is 11.8 Å². The number of aldehydes is 1. The molecule has 2 aromatic rings. The Balaban J connectivity index is 0.000000435. The molecule has 154 valence electrons. The Labute approximate surface area is 175 Å². The molecule has 1 aliphatic rings. The van der Waals surface area contributed by atoms with Crippen LogP contribution in [0.1, 0.15) is 55.5 Å². The zero-order chi connectivity index (χ0) is 21.0. The number of rotatable bonds is 3. The van der Waals surface area contributed by atoms with Crippen molar-refractivity contribution < 1.29 is 9.59 Å². The summed E-state index contributed by atoms with van der Waals surface area (Å²) in [5.41, 5.74) is 2.16. The molecule has 28 heavy (non-hydrogen) atoms. The highest BCUT2D eigenvalue weighted by molar-refractivity contribution is 8.14. The Morgan fingerprint density at radius 1 is 1.04 bits per heavy atom. The van der Waals surface area contributed by atoms with Crippen LogP contribution < -0.4 is 5.32 Å². The molecule has 4 heteroatoms. The van der Waals surface area contributed by atoms with Crippen LogP contribution in [-0.2, 0) is 4.79 Å². The van der Waals surface area contributed by atoms with Gasteiger partial charge >= 0.3 is 0 Å². The average molecular weight is 402 g/mol. The summed E-state index contributed by atoms with van der Waals surface area (Å²) in [4.78, 5) is 20.6. The van der Waals surface area contributed by atoms with Crippen molar-refractivity contribution in [3.63, 3.8) is 0 Å². The van der Waals surface area contributed by atoms with Crippen molar-refractivity contribution in [2.24, 2.45) is 0 Å². The van der Waals surface area contributed by atoms with Gasteiger partial charge in [0.25, 0.3) is 0 Å². The number of carbonyl (C=O) groups is 2. The fourth-order valence-corrected chi connectivity index (χ4v) is 3.48. The van der Waals surface area contributed by atoms with E-state index in [9.17, 15) is 4.79 Å². The lowest BCUT2D eigenvalue weighted by Crippen LogP contribution is -2.01. The molecule has 0 saturated heterocycles. The molecule has 0 amide bonds. The van der Waals surface area contributed by atoms with Crippen molar-refractivity contribution in [3.8, 4) is 0 Å². The summed E-state index contributed by atoms with van der Waals surface area (Å²) < 4.78 is 0. The smallest absolute Gasteiger partial charge is 0.219 e. The summed E-state index contributed by atoms with van der Waals surface area (Å²) in [5.74, 6) is 0. The zero-order valence-corrected chi connectivity index (χ0v) is 18.5.